The Morgan fingerprint density at radius 3 is 1.36 bits per heavy atom. The summed E-state index contributed by atoms with van der Waals surface area (Å²) in [5.41, 5.74) is 23.1. The van der Waals surface area contributed by atoms with Gasteiger partial charge in [0, 0.05) is 33.2 Å². The highest BCUT2D eigenvalue weighted by Crippen LogP contribution is 2.42. The monoisotopic (exact) mass is 638 g/mol. The predicted molar refractivity (Wildman–Crippen MR) is 206 cm³/mol. The van der Waals surface area contributed by atoms with E-state index in [1.165, 1.54) is 44.5 Å². The minimum Gasteiger partial charge on any atom is -0.355 e. The summed E-state index contributed by atoms with van der Waals surface area (Å²) in [5.74, 6) is 0. The summed E-state index contributed by atoms with van der Waals surface area (Å²) in [4.78, 5) is 17.8. The fraction of sp³-hybridized carbons (Fsp3) is 0.0435. The molecule has 4 heteroatoms. The van der Waals surface area contributed by atoms with Gasteiger partial charge in [-0.25, -0.2) is 9.97 Å². The van der Waals surface area contributed by atoms with Crippen LogP contribution in [0, 0.1) is 0 Å². The molecule has 0 atom stereocenters. The highest BCUT2D eigenvalue weighted by molar-refractivity contribution is 5.95. The highest BCUT2D eigenvalue weighted by Gasteiger charge is 2.22. The molecule has 2 aliphatic heterocycles. The molecule has 0 saturated carbocycles. The van der Waals surface area contributed by atoms with E-state index in [-0.39, 0.29) is 0 Å². The second-order valence-electron chi connectivity index (χ2n) is 13.6. The third-order valence-electron chi connectivity index (χ3n) is 10.6. The van der Waals surface area contributed by atoms with E-state index in [0.29, 0.717) is 0 Å². The lowest BCUT2D eigenvalue weighted by Gasteiger charge is -2.08. The van der Waals surface area contributed by atoms with Crippen molar-refractivity contribution in [2.24, 2.45) is 0 Å². The molecule has 4 aliphatic rings. The van der Waals surface area contributed by atoms with Crippen molar-refractivity contribution in [1.82, 2.24) is 19.9 Å². The molecule has 50 heavy (non-hydrogen) atoms. The van der Waals surface area contributed by atoms with Crippen molar-refractivity contribution in [2.75, 3.05) is 0 Å². The van der Waals surface area contributed by atoms with Gasteiger partial charge in [-0.15, -0.1) is 0 Å². The Kier molecular flexibility index (Phi) is 5.75. The van der Waals surface area contributed by atoms with Crippen LogP contribution in [-0.4, -0.2) is 19.9 Å². The van der Waals surface area contributed by atoms with Gasteiger partial charge in [-0.2, -0.15) is 0 Å². The molecule has 0 radical (unpaired) electrons. The van der Waals surface area contributed by atoms with Crippen LogP contribution >= 0.6 is 0 Å². The van der Waals surface area contributed by atoms with Crippen molar-refractivity contribution in [3.63, 3.8) is 0 Å². The number of aromatic amines is 2. The molecule has 7 aromatic rings. The Labute approximate surface area is 289 Å². The second kappa shape index (κ2) is 10.5. The van der Waals surface area contributed by atoms with Crippen molar-refractivity contribution in [3.8, 4) is 44.5 Å². The van der Waals surface area contributed by atoms with Crippen molar-refractivity contribution >= 4 is 46.4 Å². The number of fused-ring (bicyclic) bond motifs is 14. The average molecular weight is 639 g/mol. The van der Waals surface area contributed by atoms with Crippen LogP contribution in [-0.2, 0) is 12.8 Å². The molecule has 234 valence electrons. The van der Waals surface area contributed by atoms with E-state index in [0.717, 1.165) is 79.9 Å². The molecule has 2 N–H and O–H groups in total. The van der Waals surface area contributed by atoms with Crippen LogP contribution in [0.15, 0.2) is 121 Å². The van der Waals surface area contributed by atoms with Crippen LogP contribution in [0.1, 0.15) is 45.0 Å². The smallest absolute Gasteiger partial charge is 0.0736 e. The number of hydrogen-bond acceptors (Lipinski definition) is 2. The standard InChI is InChI=1S/C46H30N4/c1-3-7-37-27(5-1)21-31-23-29(9-15-39(31)37)45-41-17-11-33(47-41)25-35-13-19-43(49-35)46(44-20-14-36(50-44)26-34-12-18-42(45)48-34)30-10-16-40-32(24-30)22-28-6-2-4-8-38(28)40/h1-20,23-26,47,50H,21-22H2. The lowest BCUT2D eigenvalue weighted by molar-refractivity contribution is 1.26. The van der Waals surface area contributed by atoms with E-state index >= 15 is 0 Å². The highest BCUT2D eigenvalue weighted by atomic mass is 14.8. The lowest BCUT2D eigenvalue weighted by atomic mass is 9.98. The second-order valence-corrected chi connectivity index (χ2v) is 13.6. The first-order chi connectivity index (χ1) is 24.7. The minimum absolute atomic E-state index is 0.912. The van der Waals surface area contributed by atoms with E-state index in [1.54, 1.807) is 0 Å². The number of nitrogens with zero attached hydrogens (tertiary/aromatic N) is 2. The Hall–Kier alpha value is -6.52. The van der Waals surface area contributed by atoms with Gasteiger partial charge in [0.15, 0.2) is 0 Å². The van der Waals surface area contributed by atoms with Crippen LogP contribution in [0.4, 0.5) is 0 Å². The van der Waals surface area contributed by atoms with Gasteiger partial charge in [0.25, 0.3) is 0 Å². The largest absolute Gasteiger partial charge is 0.355 e. The maximum Gasteiger partial charge on any atom is 0.0736 e. The molecule has 0 saturated heterocycles. The van der Waals surface area contributed by atoms with Crippen LogP contribution in [0.25, 0.3) is 90.9 Å². The summed E-state index contributed by atoms with van der Waals surface area (Å²) in [5, 5.41) is 0. The van der Waals surface area contributed by atoms with E-state index < -0.39 is 0 Å². The van der Waals surface area contributed by atoms with E-state index in [9.17, 15) is 0 Å². The predicted octanol–water partition coefficient (Wildman–Crippen LogP) is 11.1. The molecular weight excluding hydrogens is 609 g/mol. The molecule has 0 amide bonds. The van der Waals surface area contributed by atoms with E-state index in [4.69, 9.17) is 9.97 Å². The van der Waals surface area contributed by atoms with Gasteiger partial charge >= 0.3 is 0 Å². The van der Waals surface area contributed by atoms with Crippen LogP contribution in [0.3, 0.4) is 0 Å². The first kappa shape index (κ1) is 27.4. The van der Waals surface area contributed by atoms with Crippen LogP contribution in [0.2, 0.25) is 0 Å². The van der Waals surface area contributed by atoms with Gasteiger partial charge < -0.3 is 9.97 Å². The van der Waals surface area contributed by atoms with Gasteiger partial charge in [0.1, 0.15) is 0 Å². The topological polar surface area (TPSA) is 57.4 Å². The maximum absolute atomic E-state index is 5.18. The fourth-order valence-corrected chi connectivity index (χ4v) is 8.28. The maximum atomic E-state index is 5.18. The Morgan fingerprint density at radius 1 is 0.400 bits per heavy atom. The van der Waals surface area contributed by atoms with Gasteiger partial charge in [0.2, 0.25) is 0 Å². The SMILES string of the molecule is C1=Cc2nc1cc1ccc([nH]1)c(-c1ccc3c(c1)Cc1ccccc1-3)c1nc(cc3ccc([nH]3)c2-c2ccc3c(c2)Cc2ccccc2-3)C=C1. The van der Waals surface area contributed by atoms with Gasteiger partial charge in [-0.05, 0) is 129 Å². The van der Waals surface area contributed by atoms with Gasteiger partial charge in [-0.1, -0.05) is 84.9 Å². The third-order valence-corrected chi connectivity index (χ3v) is 10.6. The molecule has 8 bridgehead atoms. The molecular formula is C46H30N4. The van der Waals surface area contributed by atoms with Crippen molar-refractivity contribution in [3.05, 3.63) is 166 Å². The zero-order valence-corrected chi connectivity index (χ0v) is 27.2. The third kappa shape index (κ3) is 4.32. The summed E-state index contributed by atoms with van der Waals surface area (Å²) in [6, 6.07) is 44.1. The zero-order valence-electron chi connectivity index (χ0n) is 27.2. The molecule has 2 aliphatic carbocycles. The number of hydrogen-bond donors (Lipinski definition) is 2. The normalized spacial score (nSPS) is 13.3. The molecule has 0 fully saturated rings. The van der Waals surface area contributed by atoms with Crippen molar-refractivity contribution < 1.29 is 0 Å². The van der Waals surface area contributed by atoms with E-state index in [1.807, 2.05) is 0 Å². The summed E-state index contributed by atoms with van der Waals surface area (Å²) in [7, 11) is 0. The molecule has 4 nitrogen and oxygen atoms in total. The zero-order chi connectivity index (χ0) is 32.8. The number of aromatic nitrogens is 4. The number of benzene rings is 4. The molecule has 0 unspecified atom stereocenters. The molecule has 3 aromatic heterocycles. The molecule has 4 aromatic carbocycles. The Bertz CT molecular complexity index is 2630. The number of nitrogens with one attached hydrogen (secondary N) is 2. The Morgan fingerprint density at radius 2 is 0.860 bits per heavy atom. The van der Waals surface area contributed by atoms with Crippen molar-refractivity contribution in [1.29, 1.82) is 0 Å². The fourth-order valence-electron chi connectivity index (χ4n) is 8.28. The minimum atomic E-state index is 0.912. The molecule has 5 heterocycles. The number of H-pyrrole nitrogens is 2. The van der Waals surface area contributed by atoms with Gasteiger partial charge in [0.05, 0.1) is 22.8 Å². The summed E-state index contributed by atoms with van der Waals surface area (Å²) in [6.45, 7) is 0. The first-order valence-electron chi connectivity index (χ1n) is 17.2. The summed E-state index contributed by atoms with van der Waals surface area (Å²) in [6.07, 6.45) is 10.4. The van der Waals surface area contributed by atoms with Gasteiger partial charge in [-0.3, -0.25) is 0 Å². The van der Waals surface area contributed by atoms with Crippen molar-refractivity contribution in [2.45, 2.75) is 12.8 Å². The first-order valence-corrected chi connectivity index (χ1v) is 17.2. The number of rotatable bonds is 2. The summed E-state index contributed by atoms with van der Waals surface area (Å²) >= 11 is 0. The van der Waals surface area contributed by atoms with Crippen LogP contribution < -0.4 is 0 Å². The quantitative estimate of drug-likeness (QED) is 0.198. The molecule has 11 rings (SSSR count). The molecule has 0 spiro atoms. The van der Waals surface area contributed by atoms with E-state index in [2.05, 4.69) is 156 Å². The lowest BCUT2D eigenvalue weighted by Crippen LogP contribution is -1.89. The average Bonchev–Trinajstić information content (AvgIpc) is 3.99. The van der Waals surface area contributed by atoms with Crippen LogP contribution in [0.5, 0.6) is 0 Å². The Balaban J connectivity index is 1.11. The summed E-state index contributed by atoms with van der Waals surface area (Å²) < 4.78 is 0.